The van der Waals surface area contributed by atoms with Crippen LogP contribution in [0.25, 0.3) is 0 Å². The summed E-state index contributed by atoms with van der Waals surface area (Å²) >= 11 is 1.34. The molecule has 0 aliphatic heterocycles. The van der Waals surface area contributed by atoms with E-state index in [1.54, 1.807) is 18.3 Å². The Balaban J connectivity index is 1.51. The van der Waals surface area contributed by atoms with Gasteiger partial charge in [-0.2, -0.15) is 0 Å². The highest BCUT2D eigenvalue weighted by Gasteiger charge is 2.10. The Kier molecular flexibility index (Phi) is 5.12. The van der Waals surface area contributed by atoms with Crippen molar-refractivity contribution >= 4 is 22.4 Å². The lowest BCUT2D eigenvalue weighted by molar-refractivity contribution is 0.102. The van der Waals surface area contributed by atoms with Crippen molar-refractivity contribution in [2.45, 2.75) is 13.3 Å². The number of aromatic nitrogens is 3. The maximum absolute atomic E-state index is 12.0. The van der Waals surface area contributed by atoms with Crippen LogP contribution in [0.1, 0.15) is 20.9 Å². The van der Waals surface area contributed by atoms with Crippen LogP contribution in [0.2, 0.25) is 0 Å². The fourth-order valence-corrected chi connectivity index (χ4v) is 2.75. The number of benzene rings is 1. The highest BCUT2D eigenvalue weighted by Crippen LogP contribution is 2.18. The van der Waals surface area contributed by atoms with E-state index in [1.165, 1.54) is 17.5 Å². The zero-order chi connectivity index (χ0) is 16.8. The Morgan fingerprint density at radius 3 is 2.96 bits per heavy atom. The SMILES string of the molecule is Cc1cccc(OCCc2nnc(NC(=O)c3cccnc3)s2)c1. The Bertz CT molecular complexity index is 820. The minimum absolute atomic E-state index is 0.248. The van der Waals surface area contributed by atoms with Crippen LogP contribution < -0.4 is 10.1 Å². The normalized spacial score (nSPS) is 10.4. The molecule has 1 aromatic carbocycles. The highest BCUT2D eigenvalue weighted by molar-refractivity contribution is 7.15. The quantitative estimate of drug-likeness (QED) is 0.746. The predicted molar refractivity (Wildman–Crippen MR) is 92.5 cm³/mol. The molecule has 0 saturated carbocycles. The molecule has 6 nitrogen and oxygen atoms in total. The number of aryl methyl sites for hydroxylation is 1. The molecule has 1 N–H and O–H groups in total. The van der Waals surface area contributed by atoms with E-state index in [1.807, 2.05) is 31.2 Å². The summed E-state index contributed by atoms with van der Waals surface area (Å²) in [5, 5.41) is 12.0. The molecular weight excluding hydrogens is 324 g/mol. The van der Waals surface area contributed by atoms with E-state index in [-0.39, 0.29) is 5.91 Å². The number of carbonyl (C=O) groups is 1. The summed E-state index contributed by atoms with van der Waals surface area (Å²) in [6.07, 6.45) is 3.76. The molecular formula is C17H16N4O2S. The molecule has 7 heteroatoms. The molecule has 24 heavy (non-hydrogen) atoms. The minimum atomic E-state index is -0.248. The van der Waals surface area contributed by atoms with E-state index < -0.39 is 0 Å². The maximum Gasteiger partial charge on any atom is 0.259 e. The van der Waals surface area contributed by atoms with Gasteiger partial charge in [0.25, 0.3) is 5.91 Å². The van der Waals surface area contributed by atoms with E-state index in [4.69, 9.17) is 4.74 Å². The molecule has 0 fully saturated rings. The van der Waals surface area contributed by atoms with Gasteiger partial charge < -0.3 is 4.74 Å². The highest BCUT2D eigenvalue weighted by atomic mass is 32.1. The summed E-state index contributed by atoms with van der Waals surface area (Å²) in [5.74, 6) is 0.589. The van der Waals surface area contributed by atoms with Gasteiger partial charge in [0.1, 0.15) is 10.8 Å². The van der Waals surface area contributed by atoms with Crippen molar-refractivity contribution < 1.29 is 9.53 Å². The molecule has 122 valence electrons. The lowest BCUT2D eigenvalue weighted by Gasteiger charge is -2.04. The van der Waals surface area contributed by atoms with Crippen molar-refractivity contribution in [3.63, 3.8) is 0 Å². The average molecular weight is 340 g/mol. The first-order valence-electron chi connectivity index (χ1n) is 7.44. The van der Waals surface area contributed by atoms with Gasteiger partial charge >= 0.3 is 0 Å². The number of ether oxygens (including phenoxy) is 1. The monoisotopic (exact) mass is 340 g/mol. The fourth-order valence-electron chi connectivity index (χ4n) is 2.03. The van der Waals surface area contributed by atoms with E-state index in [2.05, 4.69) is 20.5 Å². The number of nitrogens with zero attached hydrogens (tertiary/aromatic N) is 3. The smallest absolute Gasteiger partial charge is 0.259 e. The number of hydrogen-bond acceptors (Lipinski definition) is 6. The van der Waals surface area contributed by atoms with Crippen LogP contribution >= 0.6 is 11.3 Å². The van der Waals surface area contributed by atoms with Crippen molar-refractivity contribution in [3.8, 4) is 5.75 Å². The minimum Gasteiger partial charge on any atom is -0.493 e. The standard InChI is InChI=1S/C17H16N4O2S/c1-12-4-2-6-14(10-12)23-9-7-15-20-21-17(24-15)19-16(22)13-5-3-8-18-11-13/h2-6,8,10-11H,7,9H2,1H3,(H,19,21,22). The van der Waals surface area contributed by atoms with E-state index in [0.717, 1.165) is 16.3 Å². The Morgan fingerprint density at radius 1 is 1.25 bits per heavy atom. The number of hydrogen-bond donors (Lipinski definition) is 1. The van der Waals surface area contributed by atoms with Crippen LogP contribution in [0.5, 0.6) is 5.75 Å². The van der Waals surface area contributed by atoms with Crippen molar-refractivity contribution in [3.05, 3.63) is 64.9 Å². The van der Waals surface area contributed by atoms with Gasteiger partial charge in [0.05, 0.1) is 12.2 Å². The lowest BCUT2D eigenvalue weighted by atomic mass is 10.2. The second-order valence-corrected chi connectivity index (χ2v) is 6.17. The first kappa shape index (κ1) is 16.1. The van der Waals surface area contributed by atoms with Crippen LogP contribution in [0.15, 0.2) is 48.8 Å². The second kappa shape index (κ2) is 7.65. The molecule has 0 aliphatic carbocycles. The molecule has 0 unspecified atom stereocenters. The van der Waals surface area contributed by atoms with Crippen LogP contribution in [0.3, 0.4) is 0 Å². The largest absolute Gasteiger partial charge is 0.493 e. The van der Waals surface area contributed by atoms with Crippen molar-refractivity contribution in [2.24, 2.45) is 0 Å². The predicted octanol–water partition coefficient (Wildman–Crippen LogP) is 3.12. The molecule has 1 amide bonds. The molecule has 2 aromatic heterocycles. The molecule has 0 aliphatic rings. The third kappa shape index (κ3) is 4.36. The number of rotatable bonds is 6. The summed E-state index contributed by atoms with van der Waals surface area (Å²) in [5.41, 5.74) is 1.64. The van der Waals surface area contributed by atoms with Gasteiger partial charge in [-0.25, -0.2) is 0 Å². The van der Waals surface area contributed by atoms with Gasteiger partial charge in [0, 0.05) is 18.8 Å². The van der Waals surface area contributed by atoms with Crippen molar-refractivity contribution in [1.29, 1.82) is 0 Å². The molecule has 3 rings (SSSR count). The first-order chi connectivity index (χ1) is 11.7. The number of nitrogens with one attached hydrogen (secondary N) is 1. The van der Waals surface area contributed by atoms with Gasteiger partial charge in [-0.1, -0.05) is 23.5 Å². The van der Waals surface area contributed by atoms with Gasteiger partial charge in [0.2, 0.25) is 5.13 Å². The number of amides is 1. The second-order valence-electron chi connectivity index (χ2n) is 5.11. The summed E-state index contributed by atoms with van der Waals surface area (Å²) in [6, 6.07) is 11.3. The summed E-state index contributed by atoms with van der Waals surface area (Å²) in [7, 11) is 0. The van der Waals surface area contributed by atoms with Crippen molar-refractivity contribution in [1.82, 2.24) is 15.2 Å². The molecule has 0 radical (unpaired) electrons. The van der Waals surface area contributed by atoms with Crippen molar-refractivity contribution in [2.75, 3.05) is 11.9 Å². The third-order valence-electron chi connectivity index (χ3n) is 3.19. The first-order valence-corrected chi connectivity index (χ1v) is 8.25. The summed E-state index contributed by atoms with van der Waals surface area (Å²) in [6.45, 7) is 2.53. The molecule has 0 bridgehead atoms. The Morgan fingerprint density at radius 2 is 2.17 bits per heavy atom. The molecule has 0 saturated heterocycles. The zero-order valence-electron chi connectivity index (χ0n) is 13.1. The summed E-state index contributed by atoms with van der Waals surface area (Å²) < 4.78 is 5.69. The molecule has 3 aromatic rings. The summed E-state index contributed by atoms with van der Waals surface area (Å²) in [4.78, 5) is 15.9. The molecule has 0 atom stereocenters. The Hall–Kier alpha value is -2.80. The third-order valence-corrected chi connectivity index (χ3v) is 4.08. The zero-order valence-corrected chi connectivity index (χ0v) is 13.9. The van der Waals surface area contributed by atoms with Gasteiger partial charge in [-0.15, -0.1) is 10.2 Å². The fraction of sp³-hybridized carbons (Fsp3) is 0.176. The van der Waals surface area contributed by atoms with E-state index >= 15 is 0 Å². The Labute approximate surface area is 143 Å². The number of pyridine rings is 1. The van der Waals surface area contributed by atoms with Gasteiger partial charge in [-0.3, -0.25) is 15.1 Å². The van der Waals surface area contributed by atoms with Crippen LogP contribution in [0.4, 0.5) is 5.13 Å². The van der Waals surface area contributed by atoms with Crippen LogP contribution in [-0.4, -0.2) is 27.7 Å². The van der Waals surface area contributed by atoms with Crippen LogP contribution in [0, 0.1) is 6.92 Å². The molecule has 0 spiro atoms. The molecule has 2 heterocycles. The maximum atomic E-state index is 12.0. The topological polar surface area (TPSA) is 77.0 Å². The lowest BCUT2D eigenvalue weighted by Crippen LogP contribution is -2.11. The van der Waals surface area contributed by atoms with Gasteiger partial charge in [-0.05, 0) is 36.8 Å². The van der Waals surface area contributed by atoms with Crippen LogP contribution in [-0.2, 0) is 6.42 Å². The van der Waals surface area contributed by atoms with Gasteiger partial charge in [0.15, 0.2) is 0 Å². The average Bonchev–Trinajstić information content (AvgIpc) is 3.03. The van der Waals surface area contributed by atoms with E-state index in [9.17, 15) is 4.79 Å². The number of carbonyl (C=O) groups excluding carboxylic acids is 1. The van der Waals surface area contributed by atoms with E-state index in [0.29, 0.717) is 23.7 Å². The number of anilines is 1.